The van der Waals surface area contributed by atoms with Gasteiger partial charge in [0.05, 0.1) is 6.10 Å². The van der Waals surface area contributed by atoms with E-state index in [2.05, 4.69) is 12.2 Å². The minimum atomic E-state index is -0.191. The van der Waals surface area contributed by atoms with Gasteiger partial charge in [-0.25, -0.2) is 0 Å². The van der Waals surface area contributed by atoms with Crippen LogP contribution in [0, 0.1) is 12.8 Å². The molecule has 1 amide bonds. The molecule has 0 radical (unpaired) electrons. The van der Waals surface area contributed by atoms with Crippen LogP contribution in [-0.4, -0.2) is 23.2 Å². The molecule has 2 N–H and O–H groups in total. The van der Waals surface area contributed by atoms with Gasteiger partial charge in [0.2, 0.25) is 0 Å². The van der Waals surface area contributed by atoms with Crippen LogP contribution in [0.3, 0.4) is 0 Å². The summed E-state index contributed by atoms with van der Waals surface area (Å²) in [5.41, 5.74) is 1.55. The molecule has 104 valence electrons. The summed E-state index contributed by atoms with van der Waals surface area (Å²) in [4.78, 5) is 12.3. The molecule has 0 aliphatic heterocycles. The molecule has 0 unspecified atom stereocenters. The van der Waals surface area contributed by atoms with Gasteiger partial charge in [-0.15, -0.1) is 0 Å². The Morgan fingerprint density at radius 1 is 1.53 bits per heavy atom. The van der Waals surface area contributed by atoms with Gasteiger partial charge in [0.1, 0.15) is 0 Å². The number of aryl methyl sites for hydroxylation is 1. The molecule has 1 atom stereocenters. The topological polar surface area (TPSA) is 49.3 Å². The van der Waals surface area contributed by atoms with Crippen LogP contribution in [0.2, 0.25) is 5.02 Å². The van der Waals surface area contributed by atoms with Crippen molar-refractivity contribution in [1.29, 1.82) is 0 Å². The molecule has 19 heavy (non-hydrogen) atoms. The molecule has 1 aliphatic carbocycles. The number of hydrogen-bond acceptors (Lipinski definition) is 2. The second-order valence-electron chi connectivity index (χ2n) is 5.33. The summed E-state index contributed by atoms with van der Waals surface area (Å²) >= 11 is 5.94. The SMILES string of the molecule is CC[C@@H](NC(=O)c1cc(Cl)ccc1C)C1CC(O)C1. The van der Waals surface area contributed by atoms with Crippen molar-refractivity contribution in [2.75, 3.05) is 0 Å². The van der Waals surface area contributed by atoms with Gasteiger partial charge in [-0.05, 0) is 49.8 Å². The Kier molecular flexibility index (Phi) is 4.48. The molecule has 1 aliphatic rings. The Labute approximate surface area is 119 Å². The molecule has 1 aromatic rings. The second-order valence-corrected chi connectivity index (χ2v) is 5.77. The van der Waals surface area contributed by atoms with Crippen molar-refractivity contribution in [3.63, 3.8) is 0 Å². The van der Waals surface area contributed by atoms with Crippen LogP contribution in [0.25, 0.3) is 0 Å². The molecule has 4 heteroatoms. The van der Waals surface area contributed by atoms with Gasteiger partial charge >= 0.3 is 0 Å². The Morgan fingerprint density at radius 3 is 2.79 bits per heavy atom. The first-order valence-electron chi connectivity index (χ1n) is 6.76. The predicted octanol–water partition coefficient (Wildman–Crippen LogP) is 2.93. The number of nitrogens with one attached hydrogen (secondary N) is 1. The Hall–Kier alpha value is -1.06. The molecular formula is C15H20ClNO2. The van der Waals surface area contributed by atoms with Crippen LogP contribution in [0.5, 0.6) is 0 Å². The number of carbonyl (C=O) groups excluding carboxylic acids is 1. The Morgan fingerprint density at radius 2 is 2.21 bits per heavy atom. The highest BCUT2D eigenvalue weighted by molar-refractivity contribution is 6.31. The number of halogens is 1. The number of aliphatic hydroxyl groups excluding tert-OH is 1. The molecular weight excluding hydrogens is 262 g/mol. The van der Waals surface area contributed by atoms with Crippen LogP contribution < -0.4 is 5.32 Å². The number of aliphatic hydroxyl groups is 1. The van der Waals surface area contributed by atoms with E-state index in [1.807, 2.05) is 13.0 Å². The molecule has 2 rings (SSSR count). The van der Waals surface area contributed by atoms with E-state index < -0.39 is 0 Å². The number of amides is 1. The van der Waals surface area contributed by atoms with E-state index in [-0.39, 0.29) is 18.1 Å². The summed E-state index contributed by atoms with van der Waals surface area (Å²) < 4.78 is 0. The van der Waals surface area contributed by atoms with Crippen molar-refractivity contribution in [3.8, 4) is 0 Å². The summed E-state index contributed by atoms with van der Waals surface area (Å²) in [6, 6.07) is 5.47. The fourth-order valence-electron chi connectivity index (χ4n) is 2.60. The van der Waals surface area contributed by atoms with Gasteiger partial charge in [0.25, 0.3) is 5.91 Å². The molecule has 0 heterocycles. The van der Waals surface area contributed by atoms with Gasteiger partial charge in [0.15, 0.2) is 0 Å². The van der Waals surface area contributed by atoms with E-state index in [1.54, 1.807) is 12.1 Å². The standard InChI is InChI=1S/C15H20ClNO2/c1-3-14(10-6-12(18)7-10)17-15(19)13-8-11(16)5-4-9(13)2/h4-5,8,10,12,14,18H,3,6-7H2,1-2H3,(H,17,19)/t10?,12?,14-/m1/s1. The molecule has 1 aromatic carbocycles. The van der Waals surface area contributed by atoms with Crippen molar-refractivity contribution >= 4 is 17.5 Å². The number of benzene rings is 1. The maximum atomic E-state index is 12.3. The fraction of sp³-hybridized carbons (Fsp3) is 0.533. The van der Waals surface area contributed by atoms with Gasteiger partial charge < -0.3 is 10.4 Å². The highest BCUT2D eigenvalue weighted by Crippen LogP contribution is 2.31. The lowest BCUT2D eigenvalue weighted by Gasteiger charge is -2.37. The summed E-state index contributed by atoms with van der Waals surface area (Å²) in [6.45, 7) is 3.96. The van der Waals surface area contributed by atoms with Crippen LogP contribution in [-0.2, 0) is 0 Å². The van der Waals surface area contributed by atoms with Crippen molar-refractivity contribution < 1.29 is 9.90 Å². The average Bonchev–Trinajstić information content (AvgIpc) is 2.35. The first-order chi connectivity index (χ1) is 9.01. The van der Waals surface area contributed by atoms with E-state index in [0.29, 0.717) is 16.5 Å². The maximum absolute atomic E-state index is 12.3. The highest BCUT2D eigenvalue weighted by Gasteiger charge is 2.33. The third-order valence-corrected chi connectivity index (χ3v) is 4.15. The maximum Gasteiger partial charge on any atom is 0.251 e. The number of rotatable bonds is 4. The zero-order chi connectivity index (χ0) is 14.0. The monoisotopic (exact) mass is 281 g/mol. The molecule has 0 aromatic heterocycles. The third-order valence-electron chi connectivity index (χ3n) is 3.92. The first-order valence-corrected chi connectivity index (χ1v) is 7.14. The van der Waals surface area contributed by atoms with E-state index in [0.717, 1.165) is 24.8 Å². The smallest absolute Gasteiger partial charge is 0.251 e. The summed E-state index contributed by atoms with van der Waals surface area (Å²) in [5, 5.41) is 13.0. The lowest BCUT2D eigenvalue weighted by molar-refractivity contribution is 0.0232. The normalized spacial score (nSPS) is 23.6. The number of carbonyl (C=O) groups is 1. The van der Waals surface area contributed by atoms with Gasteiger partial charge in [-0.1, -0.05) is 24.6 Å². The molecule has 1 saturated carbocycles. The van der Waals surface area contributed by atoms with Crippen LogP contribution in [0.15, 0.2) is 18.2 Å². The van der Waals surface area contributed by atoms with E-state index in [4.69, 9.17) is 11.6 Å². The van der Waals surface area contributed by atoms with E-state index in [1.165, 1.54) is 0 Å². The zero-order valence-corrected chi connectivity index (χ0v) is 12.1. The molecule has 0 saturated heterocycles. The predicted molar refractivity (Wildman–Crippen MR) is 76.5 cm³/mol. The Balaban J connectivity index is 2.05. The van der Waals surface area contributed by atoms with Crippen molar-refractivity contribution in [3.05, 3.63) is 34.3 Å². The summed E-state index contributed by atoms with van der Waals surface area (Å²) in [6.07, 6.45) is 2.26. The average molecular weight is 282 g/mol. The van der Waals surface area contributed by atoms with Crippen molar-refractivity contribution in [2.24, 2.45) is 5.92 Å². The quantitative estimate of drug-likeness (QED) is 0.891. The van der Waals surface area contributed by atoms with Gasteiger partial charge in [-0.3, -0.25) is 4.79 Å². The lowest BCUT2D eigenvalue weighted by atomic mass is 9.76. The summed E-state index contributed by atoms with van der Waals surface area (Å²) in [5.74, 6) is 0.316. The van der Waals surface area contributed by atoms with E-state index >= 15 is 0 Å². The Bertz CT molecular complexity index is 469. The second kappa shape index (κ2) is 5.93. The molecule has 1 fully saturated rings. The minimum Gasteiger partial charge on any atom is -0.393 e. The largest absolute Gasteiger partial charge is 0.393 e. The molecule has 3 nitrogen and oxygen atoms in total. The zero-order valence-electron chi connectivity index (χ0n) is 11.3. The van der Waals surface area contributed by atoms with Crippen molar-refractivity contribution in [1.82, 2.24) is 5.32 Å². The van der Waals surface area contributed by atoms with Gasteiger partial charge in [-0.2, -0.15) is 0 Å². The van der Waals surface area contributed by atoms with Crippen LogP contribution in [0.1, 0.15) is 42.1 Å². The molecule has 0 bridgehead atoms. The lowest BCUT2D eigenvalue weighted by Crippen LogP contribution is -2.46. The van der Waals surface area contributed by atoms with Crippen molar-refractivity contribution in [2.45, 2.75) is 45.3 Å². The summed E-state index contributed by atoms with van der Waals surface area (Å²) in [7, 11) is 0. The third kappa shape index (κ3) is 3.28. The van der Waals surface area contributed by atoms with Crippen LogP contribution >= 0.6 is 11.6 Å². The molecule has 0 spiro atoms. The first kappa shape index (κ1) is 14.4. The van der Waals surface area contributed by atoms with Crippen LogP contribution in [0.4, 0.5) is 0 Å². The minimum absolute atomic E-state index is 0.0757. The fourth-order valence-corrected chi connectivity index (χ4v) is 2.77. The van der Waals surface area contributed by atoms with Gasteiger partial charge in [0, 0.05) is 16.6 Å². The highest BCUT2D eigenvalue weighted by atomic mass is 35.5. The van der Waals surface area contributed by atoms with E-state index in [9.17, 15) is 9.90 Å². The number of hydrogen-bond donors (Lipinski definition) is 2.